The molecule has 0 aliphatic rings. The van der Waals surface area contributed by atoms with Gasteiger partial charge in [-0.1, -0.05) is 0 Å². The second-order valence-corrected chi connectivity index (χ2v) is 4.25. The van der Waals surface area contributed by atoms with E-state index in [1.54, 1.807) is 6.20 Å². The van der Waals surface area contributed by atoms with Gasteiger partial charge < -0.3 is 9.13 Å². The van der Waals surface area contributed by atoms with Gasteiger partial charge in [0.2, 0.25) is 0 Å². The minimum atomic E-state index is 0.796. The number of aryl methyl sites for hydroxylation is 2. The van der Waals surface area contributed by atoms with Gasteiger partial charge >= 0.3 is 0 Å². The summed E-state index contributed by atoms with van der Waals surface area (Å²) in [5.41, 5.74) is 3.00. The molecule has 0 aromatic carbocycles. The van der Waals surface area contributed by atoms with Gasteiger partial charge in [0.05, 0.1) is 6.33 Å². The summed E-state index contributed by atoms with van der Waals surface area (Å²) in [7, 11) is 0. The molecule has 2 aromatic heterocycles. The zero-order chi connectivity index (χ0) is 12.3. The van der Waals surface area contributed by atoms with Gasteiger partial charge in [-0.2, -0.15) is 0 Å². The monoisotopic (exact) mass is 231 g/mol. The van der Waals surface area contributed by atoms with E-state index in [4.69, 9.17) is 0 Å². The molecule has 17 heavy (non-hydrogen) atoms. The summed E-state index contributed by atoms with van der Waals surface area (Å²) in [5, 5.41) is 0. The molecule has 0 unspecified atom stereocenters. The van der Waals surface area contributed by atoms with E-state index in [0.717, 1.165) is 42.7 Å². The largest absolute Gasteiger partial charge is 0.348 e. The Morgan fingerprint density at radius 1 is 1.35 bits per heavy atom. The van der Waals surface area contributed by atoms with Crippen molar-refractivity contribution in [3.8, 4) is 0 Å². The molecule has 0 saturated carbocycles. The summed E-state index contributed by atoms with van der Waals surface area (Å²) in [6, 6.07) is 1.94. The molecule has 2 aromatic rings. The van der Waals surface area contributed by atoms with Crippen LogP contribution in [0.25, 0.3) is 0 Å². The third-order valence-electron chi connectivity index (χ3n) is 3.10. The van der Waals surface area contributed by atoms with Crippen molar-refractivity contribution in [1.82, 2.24) is 14.1 Å². The molecular formula is C13H17N3O. The Hall–Kier alpha value is -1.84. The Balaban J connectivity index is 1.99. The van der Waals surface area contributed by atoms with Crippen LogP contribution in [0.2, 0.25) is 0 Å². The third-order valence-corrected chi connectivity index (χ3v) is 3.10. The zero-order valence-electron chi connectivity index (χ0n) is 10.3. The molecule has 0 radical (unpaired) electrons. The van der Waals surface area contributed by atoms with Crippen molar-refractivity contribution in [2.45, 2.75) is 33.4 Å². The topological polar surface area (TPSA) is 39.8 Å². The number of aromatic nitrogens is 3. The number of hydrogen-bond donors (Lipinski definition) is 0. The number of carbonyl (C=O) groups is 1. The molecule has 0 bridgehead atoms. The average Bonchev–Trinajstić information content (AvgIpc) is 2.91. The Morgan fingerprint density at radius 3 is 2.76 bits per heavy atom. The molecular weight excluding hydrogens is 214 g/mol. The van der Waals surface area contributed by atoms with E-state index in [0.29, 0.717) is 0 Å². The summed E-state index contributed by atoms with van der Waals surface area (Å²) < 4.78 is 4.26. The number of nitrogens with zero attached hydrogens (tertiary/aromatic N) is 3. The molecule has 4 heteroatoms. The van der Waals surface area contributed by atoms with Gasteiger partial charge in [-0.15, -0.1) is 0 Å². The first kappa shape index (κ1) is 11.6. The molecule has 0 atom stereocenters. The van der Waals surface area contributed by atoms with Gasteiger partial charge in [0.25, 0.3) is 0 Å². The SMILES string of the molecule is Cc1cc(C=O)c(C)n1CCCn1ccnc1. The summed E-state index contributed by atoms with van der Waals surface area (Å²) >= 11 is 0. The highest BCUT2D eigenvalue weighted by atomic mass is 16.1. The number of aldehydes is 1. The van der Waals surface area contributed by atoms with Gasteiger partial charge in [-0.25, -0.2) is 4.98 Å². The quantitative estimate of drug-likeness (QED) is 0.740. The molecule has 0 aliphatic carbocycles. The second kappa shape index (κ2) is 4.99. The molecule has 2 rings (SSSR count). The van der Waals surface area contributed by atoms with Crippen LogP contribution in [-0.4, -0.2) is 20.4 Å². The summed E-state index contributed by atoms with van der Waals surface area (Å²) in [6.45, 7) is 5.92. The van der Waals surface area contributed by atoms with Gasteiger partial charge in [0.1, 0.15) is 0 Å². The molecule has 0 amide bonds. The lowest BCUT2D eigenvalue weighted by atomic mass is 10.3. The first-order chi connectivity index (χ1) is 8.22. The molecule has 90 valence electrons. The Morgan fingerprint density at radius 2 is 2.18 bits per heavy atom. The van der Waals surface area contributed by atoms with Crippen molar-refractivity contribution in [3.63, 3.8) is 0 Å². The highest BCUT2D eigenvalue weighted by molar-refractivity contribution is 5.77. The lowest BCUT2D eigenvalue weighted by Gasteiger charge is -2.09. The van der Waals surface area contributed by atoms with Crippen LogP contribution in [0.15, 0.2) is 24.8 Å². The molecule has 0 aliphatic heterocycles. The van der Waals surface area contributed by atoms with E-state index in [-0.39, 0.29) is 0 Å². The van der Waals surface area contributed by atoms with Gasteiger partial charge in [0, 0.05) is 42.4 Å². The predicted molar refractivity (Wildman–Crippen MR) is 66.1 cm³/mol. The van der Waals surface area contributed by atoms with Crippen LogP contribution in [0.4, 0.5) is 0 Å². The fourth-order valence-electron chi connectivity index (χ4n) is 2.12. The van der Waals surface area contributed by atoms with Crippen LogP contribution in [0.1, 0.15) is 28.2 Å². The minimum Gasteiger partial charge on any atom is -0.348 e. The third kappa shape index (κ3) is 2.46. The van der Waals surface area contributed by atoms with E-state index in [2.05, 4.69) is 14.1 Å². The van der Waals surface area contributed by atoms with Crippen molar-refractivity contribution in [3.05, 3.63) is 41.7 Å². The van der Waals surface area contributed by atoms with Crippen molar-refractivity contribution in [2.24, 2.45) is 0 Å². The molecule has 0 saturated heterocycles. The lowest BCUT2D eigenvalue weighted by molar-refractivity contribution is 0.112. The van der Waals surface area contributed by atoms with Crippen molar-refractivity contribution in [1.29, 1.82) is 0 Å². The average molecular weight is 231 g/mol. The first-order valence-electron chi connectivity index (χ1n) is 5.80. The van der Waals surface area contributed by atoms with Crippen LogP contribution in [0.3, 0.4) is 0 Å². The maximum atomic E-state index is 10.8. The fraction of sp³-hybridized carbons (Fsp3) is 0.385. The van der Waals surface area contributed by atoms with Gasteiger partial charge in [-0.3, -0.25) is 4.79 Å². The normalized spacial score (nSPS) is 10.7. The van der Waals surface area contributed by atoms with E-state index in [1.165, 1.54) is 0 Å². The number of imidazole rings is 1. The van der Waals surface area contributed by atoms with E-state index >= 15 is 0 Å². The van der Waals surface area contributed by atoms with Crippen LogP contribution >= 0.6 is 0 Å². The minimum absolute atomic E-state index is 0.796. The second-order valence-electron chi connectivity index (χ2n) is 4.25. The predicted octanol–water partition coefficient (Wildman–Crippen LogP) is 2.20. The van der Waals surface area contributed by atoms with Crippen molar-refractivity contribution >= 4 is 6.29 Å². The lowest BCUT2D eigenvalue weighted by Crippen LogP contribution is -2.06. The Labute approximate surface area is 101 Å². The maximum Gasteiger partial charge on any atom is 0.151 e. The summed E-state index contributed by atoms with van der Waals surface area (Å²) in [5.74, 6) is 0. The first-order valence-corrected chi connectivity index (χ1v) is 5.80. The van der Waals surface area contributed by atoms with Crippen LogP contribution in [0, 0.1) is 13.8 Å². The van der Waals surface area contributed by atoms with E-state index in [9.17, 15) is 4.79 Å². The molecule has 0 fully saturated rings. The number of hydrogen-bond acceptors (Lipinski definition) is 2. The van der Waals surface area contributed by atoms with Gasteiger partial charge in [0.15, 0.2) is 6.29 Å². The zero-order valence-corrected chi connectivity index (χ0v) is 10.3. The standard InChI is InChI=1S/C13H17N3O/c1-11-8-13(9-17)12(2)16(11)6-3-5-15-7-4-14-10-15/h4,7-10H,3,5-6H2,1-2H3. The highest BCUT2D eigenvalue weighted by Crippen LogP contribution is 2.13. The highest BCUT2D eigenvalue weighted by Gasteiger charge is 2.07. The van der Waals surface area contributed by atoms with Gasteiger partial charge in [-0.05, 0) is 26.3 Å². The number of carbonyl (C=O) groups excluding carboxylic acids is 1. The van der Waals surface area contributed by atoms with Crippen molar-refractivity contribution in [2.75, 3.05) is 0 Å². The number of rotatable bonds is 5. The molecule has 2 heterocycles. The maximum absolute atomic E-state index is 10.8. The van der Waals surface area contributed by atoms with E-state index in [1.807, 2.05) is 32.4 Å². The smallest absolute Gasteiger partial charge is 0.151 e. The van der Waals surface area contributed by atoms with Crippen LogP contribution < -0.4 is 0 Å². The van der Waals surface area contributed by atoms with Crippen molar-refractivity contribution < 1.29 is 4.79 Å². The van der Waals surface area contributed by atoms with E-state index < -0.39 is 0 Å². The summed E-state index contributed by atoms with van der Waals surface area (Å²) in [4.78, 5) is 14.8. The summed E-state index contributed by atoms with van der Waals surface area (Å²) in [6.07, 6.45) is 7.54. The Bertz CT molecular complexity index is 497. The molecule has 4 nitrogen and oxygen atoms in total. The fourth-order valence-corrected chi connectivity index (χ4v) is 2.12. The molecule has 0 spiro atoms. The Kier molecular flexibility index (Phi) is 3.42. The molecule has 0 N–H and O–H groups in total. The van der Waals surface area contributed by atoms with Crippen LogP contribution in [-0.2, 0) is 13.1 Å². The van der Waals surface area contributed by atoms with Crippen LogP contribution in [0.5, 0.6) is 0 Å².